The van der Waals surface area contributed by atoms with Crippen LogP contribution < -0.4 is 0 Å². The smallest absolute Gasteiger partial charge is 0.324 e. The highest BCUT2D eigenvalue weighted by Crippen LogP contribution is 2.14. The second-order valence-corrected chi connectivity index (χ2v) is 7.02. The fourth-order valence-corrected chi connectivity index (χ4v) is 2.29. The lowest BCUT2D eigenvalue weighted by Gasteiger charge is -2.10. The highest BCUT2D eigenvalue weighted by molar-refractivity contribution is 9.09. The van der Waals surface area contributed by atoms with Crippen LogP contribution in [0, 0.1) is 5.92 Å². The summed E-state index contributed by atoms with van der Waals surface area (Å²) in [6.07, 6.45) is 1.51. The van der Waals surface area contributed by atoms with Crippen molar-refractivity contribution in [2.75, 3.05) is 11.6 Å². The van der Waals surface area contributed by atoms with Gasteiger partial charge in [-0.3, -0.25) is 9.59 Å². The second kappa shape index (κ2) is 6.99. The minimum Gasteiger partial charge on any atom is -0.392 e. The molecule has 0 aromatic heterocycles. The Hall–Kier alpha value is -1.21. The van der Waals surface area contributed by atoms with Gasteiger partial charge in [-0.2, -0.15) is 0 Å². The van der Waals surface area contributed by atoms with Crippen LogP contribution in [0.5, 0.6) is 0 Å². The zero-order valence-electron chi connectivity index (χ0n) is 11.1. The van der Waals surface area contributed by atoms with Gasteiger partial charge in [0.2, 0.25) is 0 Å². The largest absolute Gasteiger partial charge is 0.392 e. The van der Waals surface area contributed by atoms with Gasteiger partial charge in [0, 0.05) is 6.26 Å². The third-order valence-corrected chi connectivity index (χ3v) is 4.21. The zero-order valence-corrected chi connectivity index (χ0v) is 13.5. The molecule has 0 spiro atoms. The summed E-state index contributed by atoms with van der Waals surface area (Å²) in [5.74, 6) is -1.71. The van der Waals surface area contributed by atoms with Gasteiger partial charge in [0.25, 0.3) is 0 Å². The average Bonchev–Trinajstić information content (AvgIpc) is 2.38. The van der Waals surface area contributed by atoms with E-state index in [4.69, 9.17) is 0 Å². The van der Waals surface area contributed by atoms with E-state index in [9.17, 15) is 18.0 Å². The summed E-state index contributed by atoms with van der Waals surface area (Å²) in [5.41, 5.74) is 0.799. The van der Waals surface area contributed by atoms with Crippen LogP contribution in [0.3, 0.4) is 0 Å². The third kappa shape index (κ3) is 5.05. The summed E-state index contributed by atoms with van der Waals surface area (Å²) < 4.78 is 27.2. The lowest BCUT2D eigenvalue weighted by Crippen LogP contribution is -2.21. The molecule has 0 aliphatic heterocycles. The van der Waals surface area contributed by atoms with Crippen LogP contribution in [0.1, 0.15) is 12.5 Å². The molecule has 110 valence electrons. The Bertz CT molecular complexity index is 592. The number of rotatable bonds is 5. The number of hydrogen-bond donors (Lipinski definition) is 0. The first-order valence-electron chi connectivity index (χ1n) is 5.83. The minimum atomic E-state index is -3.23. The van der Waals surface area contributed by atoms with E-state index >= 15 is 0 Å². The molecule has 1 rings (SSSR count). The van der Waals surface area contributed by atoms with Gasteiger partial charge in [-0.15, -0.1) is 0 Å². The molecule has 20 heavy (non-hydrogen) atoms. The van der Waals surface area contributed by atoms with E-state index in [-0.39, 0.29) is 10.2 Å². The predicted molar refractivity (Wildman–Crippen MR) is 77.3 cm³/mol. The first-order chi connectivity index (χ1) is 9.24. The number of esters is 2. The quantitative estimate of drug-likeness (QED) is 0.452. The molecule has 0 aliphatic rings. The van der Waals surface area contributed by atoms with Crippen molar-refractivity contribution >= 4 is 37.7 Å². The third-order valence-electron chi connectivity index (χ3n) is 2.62. The summed E-state index contributed by atoms with van der Waals surface area (Å²) in [7, 11) is -3.23. The van der Waals surface area contributed by atoms with Crippen LogP contribution in [0.2, 0.25) is 0 Å². The van der Waals surface area contributed by atoms with Crippen molar-refractivity contribution in [2.45, 2.75) is 18.2 Å². The Labute approximate surface area is 126 Å². The van der Waals surface area contributed by atoms with Crippen molar-refractivity contribution in [3.63, 3.8) is 0 Å². The number of ether oxygens (including phenoxy) is 1. The van der Waals surface area contributed by atoms with Crippen molar-refractivity contribution in [2.24, 2.45) is 5.92 Å². The van der Waals surface area contributed by atoms with Crippen molar-refractivity contribution in [3.8, 4) is 0 Å². The average molecular weight is 363 g/mol. The van der Waals surface area contributed by atoms with Crippen molar-refractivity contribution < 1.29 is 22.7 Å². The van der Waals surface area contributed by atoms with E-state index in [1.807, 2.05) is 0 Å². The van der Waals surface area contributed by atoms with E-state index in [0.29, 0.717) is 6.42 Å². The maximum absolute atomic E-state index is 11.6. The topological polar surface area (TPSA) is 77.5 Å². The van der Waals surface area contributed by atoms with Gasteiger partial charge in [-0.25, -0.2) is 8.42 Å². The maximum atomic E-state index is 11.6. The Kier molecular flexibility index (Phi) is 5.88. The number of alkyl halides is 1. The molecule has 0 bridgehead atoms. The number of carbonyl (C=O) groups excluding carboxylic acids is 2. The van der Waals surface area contributed by atoms with Gasteiger partial charge < -0.3 is 4.74 Å². The van der Waals surface area contributed by atoms with Crippen molar-refractivity contribution in [3.05, 3.63) is 29.8 Å². The summed E-state index contributed by atoms with van der Waals surface area (Å²) in [4.78, 5) is 22.8. The second-order valence-electron chi connectivity index (χ2n) is 4.45. The molecule has 0 aliphatic carbocycles. The van der Waals surface area contributed by atoms with E-state index < -0.39 is 27.7 Å². The zero-order chi connectivity index (χ0) is 15.3. The molecule has 0 saturated carbocycles. The normalized spacial score (nSPS) is 12.8. The Morgan fingerprint density at radius 2 is 1.80 bits per heavy atom. The SMILES string of the molecule is CC(Cc1ccc(S(C)(=O)=O)cc1)C(=O)OC(=O)CBr. The molecule has 5 nitrogen and oxygen atoms in total. The Morgan fingerprint density at radius 1 is 1.25 bits per heavy atom. The molecule has 1 aromatic rings. The molecule has 0 saturated heterocycles. The van der Waals surface area contributed by atoms with Gasteiger partial charge in [0.1, 0.15) is 5.33 Å². The van der Waals surface area contributed by atoms with Gasteiger partial charge in [0.05, 0.1) is 10.8 Å². The van der Waals surface area contributed by atoms with Gasteiger partial charge >= 0.3 is 11.9 Å². The Balaban J connectivity index is 2.69. The van der Waals surface area contributed by atoms with Crippen LogP contribution >= 0.6 is 15.9 Å². The van der Waals surface area contributed by atoms with E-state index in [2.05, 4.69) is 20.7 Å². The first kappa shape index (κ1) is 16.8. The number of halogens is 1. The van der Waals surface area contributed by atoms with Crippen molar-refractivity contribution in [1.82, 2.24) is 0 Å². The molecule has 7 heteroatoms. The lowest BCUT2D eigenvalue weighted by molar-refractivity contribution is -0.160. The van der Waals surface area contributed by atoms with E-state index in [0.717, 1.165) is 11.8 Å². The molecular formula is C13H15BrO5S. The molecule has 1 unspecified atom stereocenters. The number of hydrogen-bond acceptors (Lipinski definition) is 5. The molecular weight excluding hydrogens is 348 g/mol. The summed E-state index contributed by atoms with van der Waals surface area (Å²) >= 11 is 2.90. The minimum absolute atomic E-state index is 0.0332. The van der Waals surface area contributed by atoms with Gasteiger partial charge in [-0.1, -0.05) is 35.0 Å². The highest BCUT2D eigenvalue weighted by atomic mass is 79.9. The van der Waals surface area contributed by atoms with Crippen LogP contribution in [-0.2, 0) is 30.6 Å². The molecule has 0 N–H and O–H groups in total. The van der Waals surface area contributed by atoms with E-state index in [1.165, 1.54) is 12.1 Å². The van der Waals surface area contributed by atoms with Gasteiger partial charge in [0.15, 0.2) is 9.84 Å². The highest BCUT2D eigenvalue weighted by Gasteiger charge is 2.18. The molecule has 1 atom stereocenters. The van der Waals surface area contributed by atoms with Crippen LogP contribution in [0.25, 0.3) is 0 Å². The fraction of sp³-hybridized carbons (Fsp3) is 0.385. The molecule has 0 heterocycles. The standard InChI is InChI=1S/C13H15BrO5S/c1-9(13(16)19-12(15)8-14)7-10-3-5-11(6-4-10)20(2,17)18/h3-6,9H,7-8H2,1-2H3. The summed E-state index contributed by atoms with van der Waals surface area (Å²) in [6.45, 7) is 1.65. The molecule has 1 aromatic carbocycles. The monoisotopic (exact) mass is 362 g/mol. The van der Waals surface area contributed by atoms with Gasteiger partial charge in [-0.05, 0) is 24.1 Å². The lowest BCUT2D eigenvalue weighted by atomic mass is 10.0. The first-order valence-corrected chi connectivity index (χ1v) is 8.85. The van der Waals surface area contributed by atoms with Crippen LogP contribution in [0.4, 0.5) is 0 Å². The summed E-state index contributed by atoms with van der Waals surface area (Å²) in [6, 6.07) is 6.28. The maximum Gasteiger partial charge on any atom is 0.324 e. The van der Waals surface area contributed by atoms with Crippen molar-refractivity contribution in [1.29, 1.82) is 0 Å². The molecule has 0 fully saturated rings. The molecule has 0 radical (unpaired) electrons. The number of sulfone groups is 1. The van der Waals surface area contributed by atoms with Crippen LogP contribution in [-0.4, -0.2) is 31.9 Å². The predicted octanol–water partition coefficient (Wildman–Crippen LogP) is 1.73. The number of carbonyl (C=O) groups is 2. The number of benzene rings is 1. The molecule has 0 amide bonds. The van der Waals surface area contributed by atoms with Crippen LogP contribution in [0.15, 0.2) is 29.2 Å². The van der Waals surface area contributed by atoms with E-state index in [1.54, 1.807) is 19.1 Å². The Morgan fingerprint density at radius 3 is 2.25 bits per heavy atom. The fourth-order valence-electron chi connectivity index (χ4n) is 1.55. The summed E-state index contributed by atoms with van der Waals surface area (Å²) in [5, 5.41) is -0.0332.